The maximum absolute atomic E-state index is 9.74. The zero-order valence-corrected chi connectivity index (χ0v) is 10.8. The van der Waals surface area contributed by atoms with E-state index in [1.807, 2.05) is 25.1 Å². The maximum Gasteiger partial charge on any atom is 0.0781 e. The van der Waals surface area contributed by atoms with Gasteiger partial charge in [0.2, 0.25) is 0 Å². The van der Waals surface area contributed by atoms with Gasteiger partial charge in [-0.1, -0.05) is 31.5 Å². The average Bonchev–Trinajstić information content (AvgIpc) is 2.28. The normalized spacial score (nSPS) is 14.6. The molecule has 1 unspecified atom stereocenters. The third kappa shape index (κ3) is 2.99. The Bertz CT molecular complexity index is 322. The minimum absolute atomic E-state index is 0.410. The van der Waals surface area contributed by atoms with Crippen LogP contribution in [0.2, 0.25) is 0 Å². The summed E-state index contributed by atoms with van der Waals surface area (Å²) in [5.41, 5.74) is 2.14. The highest BCUT2D eigenvalue weighted by molar-refractivity contribution is 5.54. The topological polar surface area (TPSA) is 23.5 Å². The molecule has 1 aromatic rings. The van der Waals surface area contributed by atoms with Crippen LogP contribution in [0.4, 0.5) is 5.69 Å². The summed E-state index contributed by atoms with van der Waals surface area (Å²) in [4.78, 5) is 2.26. The lowest BCUT2D eigenvalue weighted by molar-refractivity contribution is 0.199. The van der Waals surface area contributed by atoms with Crippen molar-refractivity contribution in [3.8, 4) is 0 Å². The second-order valence-corrected chi connectivity index (χ2v) is 4.48. The van der Waals surface area contributed by atoms with Crippen LogP contribution in [-0.4, -0.2) is 18.2 Å². The highest BCUT2D eigenvalue weighted by Gasteiger charge is 2.14. The van der Waals surface area contributed by atoms with Gasteiger partial charge in [-0.3, -0.25) is 0 Å². The number of aliphatic hydroxyl groups is 1. The van der Waals surface area contributed by atoms with Gasteiger partial charge in [0.05, 0.1) is 6.10 Å². The van der Waals surface area contributed by atoms with Crippen molar-refractivity contribution in [2.45, 2.75) is 45.8 Å². The molecule has 1 aromatic carbocycles. The number of benzene rings is 1. The first-order valence-electron chi connectivity index (χ1n) is 6.07. The smallest absolute Gasteiger partial charge is 0.0781 e. The number of nitrogens with zero attached hydrogens (tertiary/aromatic N) is 1. The molecule has 0 radical (unpaired) electrons. The van der Waals surface area contributed by atoms with Crippen molar-refractivity contribution in [2.75, 3.05) is 11.9 Å². The molecule has 0 fully saturated rings. The lowest BCUT2D eigenvalue weighted by Crippen LogP contribution is -2.29. The highest BCUT2D eigenvalue weighted by Crippen LogP contribution is 2.27. The van der Waals surface area contributed by atoms with Crippen molar-refractivity contribution >= 4 is 5.69 Å². The molecule has 0 heterocycles. The molecular weight excluding hydrogens is 198 g/mol. The molecule has 90 valence electrons. The summed E-state index contributed by atoms with van der Waals surface area (Å²) in [5.74, 6) is 0. The number of anilines is 1. The van der Waals surface area contributed by atoms with Crippen molar-refractivity contribution in [3.05, 3.63) is 29.8 Å². The van der Waals surface area contributed by atoms with Crippen molar-refractivity contribution in [1.29, 1.82) is 0 Å². The van der Waals surface area contributed by atoms with Crippen molar-refractivity contribution in [3.63, 3.8) is 0 Å². The Balaban J connectivity index is 2.93. The molecule has 0 aromatic heterocycles. The van der Waals surface area contributed by atoms with E-state index in [9.17, 15) is 5.11 Å². The van der Waals surface area contributed by atoms with E-state index in [0.717, 1.165) is 11.3 Å². The predicted molar refractivity (Wildman–Crippen MR) is 69.8 cm³/mol. The fraction of sp³-hybridized carbons (Fsp3) is 0.571. The lowest BCUT2D eigenvalue weighted by atomic mass is 10.1. The van der Waals surface area contributed by atoms with Gasteiger partial charge in [0, 0.05) is 24.3 Å². The van der Waals surface area contributed by atoms with Gasteiger partial charge in [-0.05, 0) is 26.3 Å². The summed E-state index contributed by atoms with van der Waals surface area (Å²) >= 11 is 0. The van der Waals surface area contributed by atoms with Crippen LogP contribution in [0.15, 0.2) is 24.3 Å². The number of hydrogen-bond acceptors (Lipinski definition) is 2. The Hall–Kier alpha value is -1.02. The Kier molecular flexibility index (Phi) is 4.81. The molecule has 0 spiro atoms. The molecular formula is C14H23NO. The second-order valence-electron chi connectivity index (χ2n) is 4.48. The average molecular weight is 221 g/mol. The third-order valence-corrected chi connectivity index (χ3v) is 3.13. The first-order valence-corrected chi connectivity index (χ1v) is 6.07. The maximum atomic E-state index is 9.74. The van der Waals surface area contributed by atoms with Gasteiger partial charge in [0.15, 0.2) is 0 Å². The van der Waals surface area contributed by atoms with Crippen LogP contribution in [0.5, 0.6) is 0 Å². The fourth-order valence-electron chi connectivity index (χ4n) is 2.01. The molecule has 0 saturated heterocycles. The third-order valence-electron chi connectivity index (χ3n) is 3.13. The van der Waals surface area contributed by atoms with Gasteiger partial charge in [-0.15, -0.1) is 0 Å². The summed E-state index contributed by atoms with van der Waals surface area (Å²) in [7, 11) is 2.10. The number of hydrogen-bond donors (Lipinski definition) is 1. The zero-order chi connectivity index (χ0) is 12.1. The van der Waals surface area contributed by atoms with Crippen LogP contribution in [0.25, 0.3) is 0 Å². The predicted octanol–water partition coefficient (Wildman–Crippen LogP) is 3.36. The Morgan fingerprint density at radius 3 is 2.44 bits per heavy atom. The number of rotatable bonds is 5. The molecule has 0 aliphatic rings. The first-order chi connectivity index (χ1) is 7.57. The van der Waals surface area contributed by atoms with E-state index >= 15 is 0 Å². The van der Waals surface area contributed by atoms with Crippen molar-refractivity contribution in [2.24, 2.45) is 0 Å². The van der Waals surface area contributed by atoms with Crippen LogP contribution >= 0.6 is 0 Å². The lowest BCUT2D eigenvalue weighted by Gasteiger charge is -2.29. The van der Waals surface area contributed by atoms with Gasteiger partial charge >= 0.3 is 0 Å². The largest absolute Gasteiger partial charge is 0.389 e. The van der Waals surface area contributed by atoms with E-state index in [-0.39, 0.29) is 0 Å². The summed E-state index contributed by atoms with van der Waals surface area (Å²) in [6, 6.07) is 8.58. The highest BCUT2D eigenvalue weighted by atomic mass is 16.3. The monoisotopic (exact) mass is 221 g/mol. The van der Waals surface area contributed by atoms with Gasteiger partial charge < -0.3 is 10.0 Å². The minimum atomic E-state index is -0.410. The molecule has 0 bridgehead atoms. The second kappa shape index (κ2) is 5.90. The minimum Gasteiger partial charge on any atom is -0.389 e. The summed E-state index contributed by atoms with van der Waals surface area (Å²) in [6.45, 7) is 6.24. The molecule has 0 amide bonds. The van der Waals surface area contributed by atoms with Gasteiger partial charge in [0.25, 0.3) is 0 Å². The molecule has 2 nitrogen and oxygen atoms in total. The molecule has 1 rings (SSSR count). The molecule has 1 N–H and O–H groups in total. The number of aliphatic hydroxyl groups excluding tert-OH is 1. The van der Waals surface area contributed by atoms with E-state index in [2.05, 4.69) is 31.9 Å². The van der Waals surface area contributed by atoms with Crippen LogP contribution in [0.1, 0.15) is 45.3 Å². The standard InChI is InChI=1S/C14H23NO/c1-5-8-11(2)15(4)14-10-7-6-9-13(14)12(3)16/h6-7,9-12,16H,5,8H2,1-4H3/t11?,12-/m0/s1. The quantitative estimate of drug-likeness (QED) is 0.824. The summed E-state index contributed by atoms with van der Waals surface area (Å²) in [6.07, 6.45) is 1.94. The van der Waals surface area contributed by atoms with E-state index < -0.39 is 6.10 Å². The summed E-state index contributed by atoms with van der Waals surface area (Å²) in [5, 5.41) is 9.74. The zero-order valence-electron chi connectivity index (χ0n) is 10.8. The first kappa shape index (κ1) is 13.0. The van der Waals surface area contributed by atoms with E-state index in [4.69, 9.17) is 0 Å². The molecule has 0 aliphatic heterocycles. The number of para-hydroxylation sites is 1. The van der Waals surface area contributed by atoms with Crippen molar-refractivity contribution in [1.82, 2.24) is 0 Å². The SMILES string of the molecule is CCCC(C)N(C)c1ccccc1[C@H](C)O. The van der Waals surface area contributed by atoms with Crippen LogP contribution in [0, 0.1) is 0 Å². The van der Waals surface area contributed by atoms with Crippen molar-refractivity contribution < 1.29 is 5.11 Å². The molecule has 0 aliphatic carbocycles. The summed E-state index contributed by atoms with van der Waals surface area (Å²) < 4.78 is 0. The van der Waals surface area contributed by atoms with E-state index in [1.54, 1.807) is 0 Å². The molecule has 2 heteroatoms. The van der Waals surface area contributed by atoms with Crippen LogP contribution in [0.3, 0.4) is 0 Å². The molecule has 0 saturated carbocycles. The molecule has 16 heavy (non-hydrogen) atoms. The fourth-order valence-corrected chi connectivity index (χ4v) is 2.01. The van der Waals surface area contributed by atoms with Crippen LogP contribution < -0.4 is 4.90 Å². The van der Waals surface area contributed by atoms with E-state index in [0.29, 0.717) is 6.04 Å². The Morgan fingerprint density at radius 1 is 1.25 bits per heavy atom. The Morgan fingerprint density at radius 2 is 1.88 bits per heavy atom. The molecule has 2 atom stereocenters. The van der Waals surface area contributed by atoms with Gasteiger partial charge in [-0.2, -0.15) is 0 Å². The van der Waals surface area contributed by atoms with Gasteiger partial charge in [-0.25, -0.2) is 0 Å². The Labute approximate surface area is 98.9 Å². The van der Waals surface area contributed by atoms with Gasteiger partial charge in [0.1, 0.15) is 0 Å². The van der Waals surface area contributed by atoms with E-state index in [1.165, 1.54) is 12.8 Å². The van der Waals surface area contributed by atoms with Crippen LogP contribution in [-0.2, 0) is 0 Å².